The molecule has 0 radical (unpaired) electrons. The Kier molecular flexibility index (Phi) is 3.24. The van der Waals surface area contributed by atoms with Gasteiger partial charge in [-0.25, -0.2) is 0 Å². The Morgan fingerprint density at radius 2 is 1.95 bits per heavy atom. The maximum absolute atomic E-state index is 11.8. The number of anilines is 1. The van der Waals surface area contributed by atoms with Crippen molar-refractivity contribution in [2.45, 2.75) is 6.42 Å². The highest BCUT2D eigenvalue weighted by atomic mass is 16.1. The summed E-state index contributed by atoms with van der Waals surface area (Å²) in [5.74, 6) is 0.545. The van der Waals surface area contributed by atoms with Gasteiger partial charge in [-0.1, -0.05) is 0 Å². The lowest BCUT2D eigenvalue weighted by Gasteiger charge is -2.26. The van der Waals surface area contributed by atoms with Crippen LogP contribution >= 0.6 is 0 Å². The van der Waals surface area contributed by atoms with Crippen LogP contribution in [0, 0.1) is 5.92 Å². The minimum atomic E-state index is 0.0662. The fraction of sp³-hybridized carbons (Fsp3) is 0.308. The average molecular weight is 257 g/mol. The second-order valence-electron chi connectivity index (χ2n) is 4.64. The summed E-state index contributed by atoms with van der Waals surface area (Å²) in [6.45, 7) is 1.88. The van der Waals surface area contributed by atoms with Crippen LogP contribution in [0.15, 0.2) is 36.7 Å². The second kappa shape index (κ2) is 5.19. The number of amides is 1. The van der Waals surface area contributed by atoms with Crippen LogP contribution in [0.5, 0.6) is 0 Å². The molecule has 19 heavy (non-hydrogen) atoms. The van der Waals surface area contributed by atoms with Crippen LogP contribution < -0.4 is 10.6 Å². The predicted octanol–water partition coefficient (Wildman–Crippen LogP) is 0.815. The van der Waals surface area contributed by atoms with Gasteiger partial charge in [-0.05, 0) is 43.3 Å². The highest BCUT2D eigenvalue weighted by Crippen LogP contribution is 2.14. The zero-order valence-electron chi connectivity index (χ0n) is 10.4. The first kappa shape index (κ1) is 11.9. The van der Waals surface area contributed by atoms with Gasteiger partial charge in [0, 0.05) is 12.1 Å². The largest absolute Gasteiger partial charge is 0.326 e. The molecule has 6 heteroatoms. The molecule has 1 saturated heterocycles. The molecule has 1 aromatic carbocycles. The molecule has 98 valence electrons. The smallest absolute Gasteiger partial charge is 0.224 e. The van der Waals surface area contributed by atoms with Gasteiger partial charge in [0.2, 0.25) is 5.91 Å². The molecule has 0 atom stereocenters. The average Bonchev–Trinajstić information content (AvgIpc) is 2.89. The number of rotatable bonds is 4. The van der Waals surface area contributed by atoms with Gasteiger partial charge in [0.25, 0.3) is 0 Å². The SMILES string of the molecule is O=C(CC1CNC1)Nc1ccc(-n2nccn2)cc1. The number of hydrogen-bond acceptors (Lipinski definition) is 4. The zero-order valence-corrected chi connectivity index (χ0v) is 10.4. The van der Waals surface area contributed by atoms with Gasteiger partial charge in [0.05, 0.1) is 18.1 Å². The van der Waals surface area contributed by atoms with Gasteiger partial charge < -0.3 is 10.6 Å². The van der Waals surface area contributed by atoms with Crippen LogP contribution in [0.2, 0.25) is 0 Å². The maximum atomic E-state index is 11.8. The molecule has 0 spiro atoms. The van der Waals surface area contributed by atoms with Crippen molar-refractivity contribution in [3.05, 3.63) is 36.7 Å². The van der Waals surface area contributed by atoms with Gasteiger partial charge in [-0.3, -0.25) is 4.79 Å². The summed E-state index contributed by atoms with van der Waals surface area (Å²) in [6.07, 6.45) is 3.83. The number of carbonyl (C=O) groups excluding carboxylic acids is 1. The highest BCUT2D eigenvalue weighted by Gasteiger charge is 2.19. The number of nitrogens with one attached hydrogen (secondary N) is 2. The molecule has 0 aliphatic carbocycles. The van der Waals surface area contributed by atoms with Crippen LogP contribution in [-0.2, 0) is 4.79 Å². The van der Waals surface area contributed by atoms with Crippen LogP contribution in [0.25, 0.3) is 5.69 Å². The molecule has 0 saturated carbocycles. The molecule has 0 bridgehead atoms. The third-order valence-electron chi connectivity index (χ3n) is 3.14. The lowest BCUT2D eigenvalue weighted by Crippen LogP contribution is -2.43. The fourth-order valence-electron chi connectivity index (χ4n) is 1.99. The van der Waals surface area contributed by atoms with Crippen LogP contribution in [0.3, 0.4) is 0 Å². The topological polar surface area (TPSA) is 71.8 Å². The number of benzene rings is 1. The van der Waals surface area contributed by atoms with Crippen molar-refractivity contribution in [3.63, 3.8) is 0 Å². The number of carbonyl (C=O) groups is 1. The molecule has 6 nitrogen and oxygen atoms in total. The second-order valence-corrected chi connectivity index (χ2v) is 4.64. The summed E-state index contributed by atoms with van der Waals surface area (Å²) >= 11 is 0. The molecule has 3 rings (SSSR count). The van der Waals surface area contributed by atoms with Crippen LogP contribution in [0.4, 0.5) is 5.69 Å². The van der Waals surface area contributed by atoms with Crippen LogP contribution in [-0.4, -0.2) is 34.0 Å². The van der Waals surface area contributed by atoms with E-state index in [1.54, 1.807) is 12.4 Å². The molecular formula is C13H15N5O. The summed E-state index contributed by atoms with van der Waals surface area (Å²) in [5, 5.41) is 14.1. The van der Waals surface area contributed by atoms with Crippen molar-refractivity contribution in [2.75, 3.05) is 18.4 Å². The van der Waals surface area contributed by atoms with E-state index in [2.05, 4.69) is 20.8 Å². The van der Waals surface area contributed by atoms with Crippen LogP contribution in [0.1, 0.15) is 6.42 Å². The number of aromatic nitrogens is 3. The van der Waals surface area contributed by atoms with Crippen molar-refractivity contribution in [2.24, 2.45) is 5.92 Å². The Bertz CT molecular complexity index is 545. The van der Waals surface area contributed by atoms with E-state index in [1.807, 2.05) is 24.3 Å². The van der Waals surface area contributed by atoms with Crippen molar-refractivity contribution in [3.8, 4) is 5.69 Å². The molecule has 0 unspecified atom stereocenters. The van der Waals surface area contributed by atoms with E-state index >= 15 is 0 Å². The van der Waals surface area contributed by atoms with E-state index in [-0.39, 0.29) is 5.91 Å². The predicted molar refractivity (Wildman–Crippen MR) is 71.0 cm³/mol. The van der Waals surface area contributed by atoms with Crippen molar-refractivity contribution < 1.29 is 4.79 Å². The van der Waals surface area contributed by atoms with Crippen molar-refractivity contribution in [1.82, 2.24) is 20.3 Å². The fourth-order valence-corrected chi connectivity index (χ4v) is 1.99. The minimum Gasteiger partial charge on any atom is -0.326 e. The van der Waals surface area contributed by atoms with Gasteiger partial charge in [0.15, 0.2) is 0 Å². The summed E-state index contributed by atoms with van der Waals surface area (Å²) in [4.78, 5) is 13.3. The first-order valence-electron chi connectivity index (χ1n) is 6.28. The van der Waals surface area contributed by atoms with Crippen molar-refractivity contribution >= 4 is 11.6 Å². The van der Waals surface area contributed by atoms with E-state index < -0.39 is 0 Å². The lowest BCUT2D eigenvalue weighted by molar-refractivity contribution is -0.117. The minimum absolute atomic E-state index is 0.0662. The summed E-state index contributed by atoms with van der Waals surface area (Å²) in [7, 11) is 0. The number of nitrogens with zero attached hydrogens (tertiary/aromatic N) is 3. The molecule has 2 aromatic rings. The van der Waals surface area contributed by atoms with E-state index in [4.69, 9.17) is 0 Å². The molecule has 1 fully saturated rings. The monoisotopic (exact) mass is 257 g/mol. The molecule has 2 heterocycles. The van der Waals surface area contributed by atoms with E-state index in [9.17, 15) is 4.79 Å². The normalized spacial score (nSPS) is 14.9. The van der Waals surface area contributed by atoms with E-state index in [0.717, 1.165) is 24.5 Å². The molecule has 1 amide bonds. The molecule has 1 aliphatic heterocycles. The van der Waals surface area contributed by atoms with Gasteiger partial charge >= 0.3 is 0 Å². The third-order valence-corrected chi connectivity index (χ3v) is 3.14. The number of hydrogen-bond donors (Lipinski definition) is 2. The highest BCUT2D eigenvalue weighted by molar-refractivity contribution is 5.91. The first-order chi connectivity index (χ1) is 9.31. The third kappa shape index (κ3) is 2.79. The van der Waals surface area contributed by atoms with Crippen molar-refractivity contribution in [1.29, 1.82) is 0 Å². The zero-order chi connectivity index (χ0) is 13.1. The molecular weight excluding hydrogens is 242 g/mol. The van der Waals surface area contributed by atoms with Gasteiger partial charge in [-0.15, -0.1) is 0 Å². The molecule has 1 aromatic heterocycles. The molecule has 2 N–H and O–H groups in total. The van der Waals surface area contributed by atoms with E-state index in [0.29, 0.717) is 12.3 Å². The lowest BCUT2D eigenvalue weighted by atomic mass is 9.99. The Balaban J connectivity index is 1.61. The summed E-state index contributed by atoms with van der Waals surface area (Å²) in [6, 6.07) is 7.46. The van der Waals surface area contributed by atoms with Gasteiger partial charge in [0.1, 0.15) is 0 Å². The Morgan fingerprint density at radius 1 is 1.26 bits per heavy atom. The Labute approximate surface area is 110 Å². The Hall–Kier alpha value is -2.21. The standard InChI is InChI=1S/C13H15N5O/c19-13(7-10-8-14-9-10)17-11-1-3-12(4-2-11)18-15-5-6-16-18/h1-6,10,14H,7-9H2,(H,17,19). The summed E-state index contributed by atoms with van der Waals surface area (Å²) < 4.78 is 0. The van der Waals surface area contributed by atoms with E-state index in [1.165, 1.54) is 4.80 Å². The maximum Gasteiger partial charge on any atom is 0.224 e. The summed E-state index contributed by atoms with van der Waals surface area (Å²) in [5.41, 5.74) is 1.67. The Morgan fingerprint density at radius 3 is 2.53 bits per heavy atom. The quantitative estimate of drug-likeness (QED) is 0.850. The van der Waals surface area contributed by atoms with Gasteiger partial charge in [-0.2, -0.15) is 15.0 Å². The first-order valence-corrected chi connectivity index (χ1v) is 6.28. The molecule has 1 aliphatic rings.